The summed E-state index contributed by atoms with van der Waals surface area (Å²) in [5, 5.41) is 3.60. The van der Waals surface area contributed by atoms with Gasteiger partial charge in [0, 0.05) is 13.0 Å². The van der Waals surface area contributed by atoms with Gasteiger partial charge in [0.05, 0.1) is 22.6 Å². The standard InChI is InChI=1S/C13H14ClN3O/c1-17-11(7-15-13(18)8-5-6-8)16-10-4-2-3-9(14)12(10)17/h2-4,8H,5-7H2,1H3,(H,15,18). The third kappa shape index (κ3) is 1.97. The van der Waals surface area contributed by atoms with Gasteiger partial charge in [0.2, 0.25) is 5.91 Å². The first-order valence-corrected chi connectivity index (χ1v) is 6.42. The highest BCUT2D eigenvalue weighted by Crippen LogP contribution is 2.29. The Bertz CT molecular complexity index is 616. The smallest absolute Gasteiger partial charge is 0.223 e. The number of rotatable bonds is 3. The van der Waals surface area contributed by atoms with Crippen molar-refractivity contribution < 1.29 is 4.79 Å². The van der Waals surface area contributed by atoms with Gasteiger partial charge in [-0.25, -0.2) is 4.98 Å². The number of para-hydroxylation sites is 1. The fourth-order valence-electron chi connectivity index (χ4n) is 2.08. The lowest BCUT2D eigenvalue weighted by Gasteiger charge is -2.05. The van der Waals surface area contributed by atoms with Gasteiger partial charge in [-0.1, -0.05) is 17.7 Å². The van der Waals surface area contributed by atoms with Crippen LogP contribution in [0.4, 0.5) is 0 Å². The molecule has 0 atom stereocenters. The van der Waals surface area contributed by atoms with Crippen molar-refractivity contribution in [1.82, 2.24) is 14.9 Å². The average molecular weight is 264 g/mol. The fourth-order valence-corrected chi connectivity index (χ4v) is 2.38. The van der Waals surface area contributed by atoms with E-state index in [0.29, 0.717) is 11.6 Å². The lowest BCUT2D eigenvalue weighted by molar-refractivity contribution is -0.122. The van der Waals surface area contributed by atoms with Crippen LogP contribution in [0.25, 0.3) is 11.0 Å². The third-order valence-electron chi connectivity index (χ3n) is 3.31. The number of aromatic nitrogens is 2. The third-order valence-corrected chi connectivity index (χ3v) is 3.61. The zero-order valence-corrected chi connectivity index (χ0v) is 10.9. The van der Waals surface area contributed by atoms with Crippen LogP contribution in [0, 0.1) is 5.92 Å². The quantitative estimate of drug-likeness (QED) is 0.923. The Hall–Kier alpha value is -1.55. The van der Waals surface area contributed by atoms with E-state index in [0.717, 1.165) is 29.7 Å². The second-order valence-electron chi connectivity index (χ2n) is 4.69. The van der Waals surface area contributed by atoms with Crippen LogP contribution in [0.2, 0.25) is 5.02 Å². The molecule has 4 nitrogen and oxygen atoms in total. The summed E-state index contributed by atoms with van der Waals surface area (Å²) in [6.07, 6.45) is 2.03. The second-order valence-corrected chi connectivity index (χ2v) is 5.09. The van der Waals surface area contributed by atoms with Crippen LogP contribution in [0.15, 0.2) is 18.2 Å². The Morgan fingerprint density at radius 3 is 3.00 bits per heavy atom. The molecule has 1 N–H and O–H groups in total. The predicted octanol–water partition coefficient (Wildman–Crippen LogP) is 2.25. The molecule has 1 fully saturated rings. The molecule has 1 heterocycles. The molecular formula is C13H14ClN3O. The summed E-state index contributed by atoms with van der Waals surface area (Å²) >= 11 is 6.15. The van der Waals surface area contributed by atoms with E-state index in [4.69, 9.17) is 11.6 Å². The van der Waals surface area contributed by atoms with Crippen LogP contribution in [-0.4, -0.2) is 15.5 Å². The highest BCUT2D eigenvalue weighted by Gasteiger charge is 2.29. The lowest BCUT2D eigenvalue weighted by Crippen LogP contribution is -2.25. The lowest BCUT2D eigenvalue weighted by atomic mass is 10.3. The monoisotopic (exact) mass is 263 g/mol. The van der Waals surface area contributed by atoms with Gasteiger partial charge in [0.25, 0.3) is 0 Å². The molecule has 1 aliphatic carbocycles. The molecule has 0 bridgehead atoms. The molecule has 0 aliphatic heterocycles. The summed E-state index contributed by atoms with van der Waals surface area (Å²) in [6.45, 7) is 0.455. The first kappa shape index (κ1) is 11.5. The summed E-state index contributed by atoms with van der Waals surface area (Å²) in [6, 6.07) is 5.65. The molecule has 0 spiro atoms. The summed E-state index contributed by atoms with van der Waals surface area (Å²) in [7, 11) is 1.92. The maximum atomic E-state index is 11.6. The van der Waals surface area contributed by atoms with E-state index >= 15 is 0 Å². The van der Waals surface area contributed by atoms with Crippen LogP contribution in [-0.2, 0) is 18.4 Å². The molecule has 1 aliphatic rings. The molecule has 0 unspecified atom stereocenters. The van der Waals surface area contributed by atoms with Crippen molar-refractivity contribution >= 4 is 28.5 Å². The van der Waals surface area contributed by atoms with Crippen molar-refractivity contribution in [2.45, 2.75) is 19.4 Å². The molecule has 2 aromatic rings. The Kier molecular flexibility index (Phi) is 2.74. The minimum absolute atomic E-state index is 0.133. The van der Waals surface area contributed by atoms with E-state index in [1.807, 2.05) is 29.8 Å². The normalized spacial score (nSPS) is 15.0. The second kappa shape index (κ2) is 4.28. The van der Waals surface area contributed by atoms with Crippen molar-refractivity contribution in [3.05, 3.63) is 29.0 Å². The minimum atomic E-state index is 0.133. The summed E-state index contributed by atoms with van der Waals surface area (Å²) < 4.78 is 1.94. The zero-order valence-electron chi connectivity index (χ0n) is 10.1. The van der Waals surface area contributed by atoms with Gasteiger partial charge in [-0.2, -0.15) is 0 Å². The van der Waals surface area contributed by atoms with Crippen molar-refractivity contribution in [2.75, 3.05) is 0 Å². The predicted molar refractivity (Wildman–Crippen MR) is 70.3 cm³/mol. The first-order chi connectivity index (χ1) is 8.66. The van der Waals surface area contributed by atoms with E-state index in [9.17, 15) is 4.79 Å². The molecule has 5 heteroatoms. The molecule has 1 saturated carbocycles. The van der Waals surface area contributed by atoms with E-state index < -0.39 is 0 Å². The molecule has 94 valence electrons. The average Bonchev–Trinajstić information content (AvgIpc) is 3.13. The molecule has 1 aromatic heterocycles. The van der Waals surface area contributed by atoms with Gasteiger partial charge in [0.15, 0.2) is 0 Å². The van der Waals surface area contributed by atoms with Crippen LogP contribution in [0.5, 0.6) is 0 Å². The number of hydrogen-bond donors (Lipinski definition) is 1. The summed E-state index contributed by atoms with van der Waals surface area (Å²) in [5.74, 6) is 1.18. The maximum absolute atomic E-state index is 11.6. The number of carbonyl (C=O) groups excluding carboxylic acids is 1. The molecule has 0 saturated heterocycles. The van der Waals surface area contributed by atoms with E-state index in [1.165, 1.54) is 0 Å². The van der Waals surface area contributed by atoms with E-state index in [1.54, 1.807) is 0 Å². The van der Waals surface area contributed by atoms with Gasteiger partial charge in [-0.3, -0.25) is 4.79 Å². The van der Waals surface area contributed by atoms with Crippen molar-refractivity contribution in [1.29, 1.82) is 0 Å². The Morgan fingerprint density at radius 1 is 1.56 bits per heavy atom. The topological polar surface area (TPSA) is 46.9 Å². The minimum Gasteiger partial charge on any atom is -0.349 e. The van der Waals surface area contributed by atoms with Gasteiger partial charge in [-0.15, -0.1) is 0 Å². The van der Waals surface area contributed by atoms with Gasteiger partial charge in [-0.05, 0) is 25.0 Å². The summed E-state index contributed by atoms with van der Waals surface area (Å²) in [4.78, 5) is 16.1. The highest BCUT2D eigenvalue weighted by molar-refractivity contribution is 6.35. The number of halogens is 1. The van der Waals surface area contributed by atoms with E-state index in [-0.39, 0.29) is 11.8 Å². The number of amides is 1. The molecule has 0 radical (unpaired) electrons. The number of nitrogens with zero attached hydrogens (tertiary/aromatic N) is 2. The number of hydrogen-bond acceptors (Lipinski definition) is 2. The molecular weight excluding hydrogens is 250 g/mol. The maximum Gasteiger partial charge on any atom is 0.223 e. The number of imidazole rings is 1. The van der Waals surface area contributed by atoms with E-state index in [2.05, 4.69) is 10.3 Å². The molecule has 3 rings (SSSR count). The largest absolute Gasteiger partial charge is 0.349 e. The Labute approximate surface area is 110 Å². The van der Waals surface area contributed by atoms with Crippen LogP contribution in [0.3, 0.4) is 0 Å². The number of aryl methyl sites for hydroxylation is 1. The Morgan fingerprint density at radius 2 is 2.33 bits per heavy atom. The Balaban J connectivity index is 1.85. The molecule has 18 heavy (non-hydrogen) atoms. The fraction of sp³-hybridized carbons (Fsp3) is 0.385. The van der Waals surface area contributed by atoms with Crippen LogP contribution < -0.4 is 5.32 Å². The van der Waals surface area contributed by atoms with Crippen molar-refractivity contribution in [3.8, 4) is 0 Å². The van der Waals surface area contributed by atoms with Crippen molar-refractivity contribution in [2.24, 2.45) is 13.0 Å². The number of fused-ring (bicyclic) bond motifs is 1. The number of nitrogens with one attached hydrogen (secondary N) is 1. The number of carbonyl (C=O) groups is 1. The molecule has 1 aromatic carbocycles. The van der Waals surface area contributed by atoms with Gasteiger partial charge < -0.3 is 9.88 Å². The van der Waals surface area contributed by atoms with Crippen LogP contribution >= 0.6 is 11.6 Å². The number of benzene rings is 1. The SMILES string of the molecule is Cn1c(CNC(=O)C2CC2)nc2cccc(Cl)c21. The first-order valence-electron chi connectivity index (χ1n) is 6.04. The zero-order chi connectivity index (χ0) is 12.7. The van der Waals surface area contributed by atoms with Crippen LogP contribution in [0.1, 0.15) is 18.7 Å². The molecule has 1 amide bonds. The van der Waals surface area contributed by atoms with Gasteiger partial charge in [0.1, 0.15) is 5.82 Å². The highest BCUT2D eigenvalue weighted by atomic mass is 35.5. The summed E-state index contributed by atoms with van der Waals surface area (Å²) in [5.41, 5.74) is 1.77. The van der Waals surface area contributed by atoms with Crippen molar-refractivity contribution in [3.63, 3.8) is 0 Å². The van der Waals surface area contributed by atoms with Gasteiger partial charge >= 0.3 is 0 Å².